The number of hydrogen-bond acceptors (Lipinski definition) is 7. The quantitative estimate of drug-likeness (QED) is 0.294. The van der Waals surface area contributed by atoms with Crippen LogP contribution in [0.1, 0.15) is 24.7 Å². The number of fused-ring (bicyclic) bond motifs is 1. The molecule has 0 fully saturated rings. The summed E-state index contributed by atoms with van der Waals surface area (Å²) in [4.78, 5) is 39.2. The average Bonchev–Trinajstić information content (AvgIpc) is 2.73. The molecular weight excluding hydrogens is 470 g/mol. The number of nitro groups is 1. The van der Waals surface area contributed by atoms with Crippen molar-refractivity contribution in [1.82, 2.24) is 9.66 Å². The minimum atomic E-state index is -0.702. The summed E-state index contributed by atoms with van der Waals surface area (Å²) in [5.41, 5.74) is 5.28. The fourth-order valence-electron chi connectivity index (χ4n) is 2.85. The van der Waals surface area contributed by atoms with E-state index in [0.717, 1.165) is 15.6 Å². The lowest BCUT2D eigenvalue weighted by Crippen LogP contribution is -2.22. The summed E-state index contributed by atoms with van der Waals surface area (Å²) < 4.78 is 7.20. The number of rotatable bonds is 8. The molecule has 1 heterocycles. The van der Waals surface area contributed by atoms with Gasteiger partial charge >= 0.3 is 0 Å². The Bertz CT molecular complexity index is 1250. The first kappa shape index (κ1) is 22.1. The summed E-state index contributed by atoms with van der Waals surface area (Å²) in [6, 6.07) is 9.00. The highest BCUT2D eigenvalue weighted by Crippen LogP contribution is 2.23. The van der Waals surface area contributed by atoms with Gasteiger partial charge in [0.2, 0.25) is 0 Å². The second kappa shape index (κ2) is 9.47. The van der Waals surface area contributed by atoms with E-state index in [4.69, 9.17) is 10.5 Å². The number of aryl methyl sites for hydroxylation is 1. The van der Waals surface area contributed by atoms with Gasteiger partial charge in [-0.15, -0.1) is 0 Å². The zero-order chi connectivity index (χ0) is 22.5. The van der Waals surface area contributed by atoms with Gasteiger partial charge in [-0.05, 0) is 30.7 Å². The highest BCUT2D eigenvalue weighted by Gasteiger charge is 2.14. The molecule has 1 aromatic heterocycles. The van der Waals surface area contributed by atoms with Crippen LogP contribution in [-0.4, -0.2) is 33.3 Å². The molecule has 0 spiro atoms. The van der Waals surface area contributed by atoms with Gasteiger partial charge in [-0.25, -0.2) is 4.98 Å². The number of nitrogens with zero attached hydrogens (tertiary/aromatic N) is 4. The summed E-state index contributed by atoms with van der Waals surface area (Å²) in [5, 5.41) is 15.8. The number of ether oxygens (including phenoxy) is 1. The Morgan fingerprint density at radius 3 is 2.81 bits per heavy atom. The van der Waals surface area contributed by atoms with Crippen molar-refractivity contribution < 1.29 is 14.5 Å². The number of non-ortho nitro benzene ring substituents is 1. The highest BCUT2D eigenvalue weighted by molar-refractivity contribution is 9.10. The maximum atomic E-state index is 13.1. The van der Waals surface area contributed by atoms with Crippen molar-refractivity contribution in [2.45, 2.75) is 19.8 Å². The SMILES string of the molecule is CCCc1nc2ccc(Br)cc2c(=O)n1N=Cc1cc([N+](=O)[O-])ccc1OCC(N)=O. The van der Waals surface area contributed by atoms with Crippen LogP contribution in [-0.2, 0) is 11.2 Å². The standard InChI is InChI=1S/C20H18BrN5O5/c1-2-3-19-24-16-6-4-13(21)9-15(16)20(28)25(19)23-10-12-8-14(26(29)30)5-7-17(12)31-11-18(22)27/h4-10H,2-3,11H2,1H3,(H2,22,27). The Morgan fingerprint density at radius 1 is 1.35 bits per heavy atom. The van der Waals surface area contributed by atoms with Crippen molar-refractivity contribution in [3.63, 3.8) is 0 Å². The van der Waals surface area contributed by atoms with Gasteiger partial charge in [-0.3, -0.25) is 19.7 Å². The maximum absolute atomic E-state index is 13.1. The largest absolute Gasteiger partial charge is 0.483 e. The summed E-state index contributed by atoms with van der Waals surface area (Å²) in [6.45, 7) is 1.54. The average molecular weight is 488 g/mol. The first-order chi connectivity index (χ1) is 14.8. The van der Waals surface area contributed by atoms with Crippen LogP contribution in [0, 0.1) is 10.1 Å². The number of halogens is 1. The molecule has 3 rings (SSSR count). The van der Waals surface area contributed by atoms with Crippen LogP contribution in [0.15, 0.2) is 50.8 Å². The number of primary amides is 1. The van der Waals surface area contributed by atoms with Gasteiger partial charge in [0, 0.05) is 28.6 Å². The van der Waals surface area contributed by atoms with E-state index in [1.54, 1.807) is 18.2 Å². The summed E-state index contributed by atoms with van der Waals surface area (Å²) in [5.74, 6) is -0.0923. The Balaban J connectivity index is 2.13. The molecule has 1 amide bonds. The van der Waals surface area contributed by atoms with Crippen molar-refractivity contribution in [3.8, 4) is 5.75 Å². The third-order valence-corrected chi connectivity index (χ3v) is 4.73. The molecule has 0 aliphatic rings. The molecule has 0 atom stereocenters. The lowest BCUT2D eigenvalue weighted by Gasteiger charge is -2.10. The zero-order valence-electron chi connectivity index (χ0n) is 16.4. The number of amides is 1. The molecule has 0 unspecified atom stereocenters. The van der Waals surface area contributed by atoms with Crippen LogP contribution in [0.5, 0.6) is 5.75 Å². The van der Waals surface area contributed by atoms with E-state index in [1.165, 1.54) is 24.4 Å². The molecule has 0 saturated heterocycles. The summed E-state index contributed by atoms with van der Waals surface area (Å²) >= 11 is 3.34. The lowest BCUT2D eigenvalue weighted by molar-refractivity contribution is -0.384. The number of carbonyl (C=O) groups excluding carboxylic acids is 1. The van der Waals surface area contributed by atoms with Crippen molar-refractivity contribution in [1.29, 1.82) is 0 Å². The molecule has 160 valence electrons. The van der Waals surface area contributed by atoms with Crippen LogP contribution < -0.4 is 16.0 Å². The Labute approximate surface area is 184 Å². The van der Waals surface area contributed by atoms with Gasteiger partial charge < -0.3 is 10.5 Å². The van der Waals surface area contributed by atoms with Crippen molar-refractivity contribution in [2.75, 3.05) is 6.61 Å². The number of hydrogen-bond donors (Lipinski definition) is 1. The fraction of sp³-hybridized carbons (Fsp3) is 0.200. The first-order valence-electron chi connectivity index (χ1n) is 9.25. The number of carbonyl (C=O) groups is 1. The van der Waals surface area contributed by atoms with Crippen LogP contribution in [0.25, 0.3) is 10.9 Å². The van der Waals surface area contributed by atoms with Gasteiger partial charge in [-0.1, -0.05) is 22.9 Å². The van der Waals surface area contributed by atoms with E-state index in [9.17, 15) is 19.7 Å². The first-order valence-corrected chi connectivity index (χ1v) is 10.0. The Kier molecular flexibility index (Phi) is 6.75. The predicted molar refractivity (Wildman–Crippen MR) is 118 cm³/mol. The molecule has 0 radical (unpaired) electrons. The van der Waals surface area contributed by atoms with Crippen molar-refractivity contribution >= 4 is 44.6 Å². The molecule has 0 saturated carbocycles. The predicted octanol–water partition coefficient (Wildman–Crippen LogP) is 2.77. The second-order valence-electron chi connectivity index (χ2n) is 6.54. The molecule has 0 bridgehead atoms. The van der Waals surface area contributed by atoms with Gasteiger partial charge in [0.1, 0.15) is 11.6 Å². The van der Waals surface area contributed by atoms with Crippen LogP contribution in [0.2, 0.25) is 0 Å². The van der Waals surface area contributed by atoms with E-state index >= 15 is 0 Å². The summed E-state index contributed by atoms with van der Waals surface area (Å²) in [6.07, 6.45) is 2.49. The number of nitro benzene ring substituents is 1. The van der Waals surface area contributed by atoms with E-state index in [2.05, 4.69) is 26.0 Å². The molecule has 10 nitrogen and oxygen atoms in total. The fourth-order valence-corrected chi connectivity index (χ4v) is 3.21. The van der Waals surface area contributed by atoms with Crippen molar-refractivity contribution in [2.24, 2.45) is 10.8 Å². The third kappa shape index (κ3) is 5.12. The second-order valence-corrected chi connectivity index (χ2v) is 7.45. The molecular formula is C20H18BrN5O5. The number of nitrogens with two attached hydrogens (primary N) is 1. The molecule has 2 aromatic carbocycles. The molecule has 0 aliphatic heterocycles. The highest BCUT2D eigenvalue weighted by atomic mass is 79.9. The monoisotopic (exact) mass is 487 g/mol. The molecule has 3 aromatic rings. The third-order valence-electron chi connectivity index (χ3n) is 4.24. The molecule has 0 aliphatic carbocycles. The van der Waals surface area contributed by atoms with Crippen LogP contribution >= 0.6 is 15.9 Å². The zero-order valence-corrected chi connectivity index (χ0v) is 18.0. The molecule has 31 heavy (non-hydrogen) atoms. The van der Waals surface area contributed by atoms with Crippen LogP contribution in [0.4, 0.5) is 5.69 Å². The number of benzene rings is 2. The molecule has 2 N–H and O–H groups in total. The number of aromatic nitrogens is 2. The minimum Gasteiger partial charge on any atom is -0.483 e. The van der Waals surface area contributed by atoms with E-state index in [0.29, 0.717) is 23.1 Å². The van der Waals surface area contributed by atoms with Crippen LogP contribution in [0.3, 0.4) is 0 Å². The normalized spacial score (nSPS) is 11.2. The Hall–Kier alpha value is -3.60. The molecule has 11 heteroatoms. The maximum Gasteiger partial charge on any atom is 0.282 e. The van der Waals surface area contributed by atoms with E-state index in [1.807, 2.05) is 6.92 Å². The topological polar surface area (TPSA) is 143 Å². The lowest BCUT2D eigenvalue weighted by atomic mass is 10.2. The van der Waals surface area contributed by atoms with Crippen molar-refractivity contribution in [3.05, 3.63) is 72.7 Å². The minimum absolute atomic E-state index is 0.162. The van der Waals surface area contributed by atoms with Gasteiger partial charge in [0.05, 0.1) is 22.0 Å². The van der Waals surface area contributed by atoms with E-state index in [-0.39, 0.29) is 22.6 Å². The van der Waals surface area contributed by atoms with E-state index < -0.39 is 17.4 Å². The summed E-state index contributed by atoms with van der Waals surface area (Å²) in [7, 11) is 0. The van der Waals surface area contributed by atoms with Gasteiger partial charge in [0.15, 0.2) is 6.61 Å². The van der Waals surface area contributed by atoms with Gasteiger partial charge in [0.25, 0.3) is 17.2 Å². The smallest absolute Gasteiger partial charge is 0.282 e. The van der Waals surface area contributed by atoms with Gasteiger partial charge in [-0.2, -0.15) is 9.78 Å². The Morgan fingerprint density at radius 2 is 2.13 bits per heavy atom.